The minimum atomic E-state index is -0.229. The first-order chi connectivity index (χ1) is 9.66. The summed E-state index contributed by atoms with van der Waals surface area (Å²) in [5.74, 6) is -0.351. The standard InChI is InChI=1S/C14H26N4O2/c1-13(19)12-14(20)18-11-10-17-7-5-3-4-6-16-9-8-15-2/h7,16H,2-6,8-12H2,1H3,(H,18,20). The normalized spacial score (nSPS) is 10.7. The number of hydrogen-bond acceptors (Lipinski definition) is 5. The summed E-state index contributed by atoms with van der Waals surface area (Å²) >= 11 is 0. The van der Waals surface area contributed by atoms with Crippen molar-refractivity contribution in [2.75, 3.05) is 32.7 Å². The zero-order valence-electron chi connectivity index (χ0n) is 12.4. The van der Waals surface area contributed by atoms with Crippen molar-refractivity contribution in [2.45, 2.75) is 32.6 Å². The number of nitrogens with one attached hydrogen (secondary N) is 2. The van der Waals surface area contributed by atoms with Crippen molar-refractivity contribution in [2.24, 2.45) is 9.98 Å². The van der Waals surface area contributed by atoms with E-state index in [0.717, 1.165) is 38.9 Å². The molecule has 0 fully saturated rings. The van der Waals surface area contributed by atoms with Gasteiger partial charge >= 0.3 is 0 Å². The van der Waals surface area contributed by atoms with Crippen molar-refractivity contribution in [3.8, 4) is 0 Å². The number of hydrogen-bond donors (Lipinski definition) is 2. The van der Waals surface area contributed by atoms with Crippen LogP contribution in [0.5, 0.6) is 0 Å². The SMILES string of the molecule is C=NCCNCCCCC=NCCNC(=O)CC(C)=O. The van der Waals surface area contributed by atoms with Crippen molar-refractivity contribution < 1.29 is 9.59 Å². The molecule has 114 valence electrons. The summed E-state index contributed by atoms with van der Waals surface area (Å²) in [6.45, 7) is 8.51. The monoisotopic (exact) mass is 282 g/mol. The van der Waals surface area contributed by atoms with Crippen LogP contribution in [0.2, 0.25) is 0 Å². The van der Waals surface area contributed by atoms with Crippen LogP contribution in [0, 0.1) is 0 Å². The lowest BCUT2D eigenvalue weighted by Crippen LogP contribution is -2.27. The fraction of sp³-hybridized carbons (Fsp3) is 0.714. The summed E-state index contributed by atoms with van der Waals surface area (Å²) in [7, 11) is 0. The molecule has 0 rings (SSSR count). The Morgan fingerprint density at radius 3 is 2.65 bits per heavy atom. The van der Waals surface area contributed by atoms with E-state index >= 15 is 0 Å². The topological polar surface area (TPSA) is 82.9 Å². The van der Waals surface area contributed by atoms with Crippen molar-refractivity contribution in [3.63, 3.8) is 0 Å². The number of aliphatic imine (C=N–C) groups is 2. The fourth-order valence-corrected chi connectivity index (χ4v) is 1.50. The highest BCUT2D eigenvalue weighted by Crippen LogP contribution is 1.91. The number of carbonyl (C=O) groups is 2. The zero-order valence-corrected chi connectivity index (χ0v) is 12.4. The third-order valence-electron chi connectivity index (χ3n) is 2.49. The first-order valence-corrected chi connectivity index (χ1v) is 7.04. The van der Waals surface area contributed by atoms with E-state index < -0.39 is 0 Å². The largest absolute Gasteiger partial charge is 0.354 e. The molecule has 2 N–H and O–H groups in total. The molecule has 6 nitrogen and oxygen atoms in total. The molecule has 0 radical (unpaired) electrons. The summed E-state index contributed by atoms with van der Waals surface area (Å²) in [5.41, 5.74) is 0. The van der Waals surface area contributed by atoms with Crippen LogP contribution in [0.15, 0.2) is 9.98 Å². The number of amides is 1. The lowest BCUT2D eigenvalue weighted by atomic mass is 10.2. The van der Waals surface area contributed by atoms with E-state index in [1.807, 2.05) is 6.21 Å². The van der Waals surface area contributed by atoms with Gasteiger partial charge in [0.15, 0.2) is 0 Å². The molecule has 0 spiro atoms. The Labute approximate surface area is 121 Å². The maximum atomic E-state index is 11.1. The van der Waals surface area contributed by atoms with E-state index in [4.69, 9.17) is 0 Å². The lowest BCUT2D eigenvalue weighted by Gasteiger charge is -2.01. The number of rotatable bonds is 13. The minimum Gasteiger partial charge on any atom is -0.354 e. The predicted molar refractivity (Wildman–Crippen MR) is 82.8 cm³/mol. The van der Waals surface area contributed by atoms with Crippen molar-refractivity contribution >= 4 is 24.6 Å². The molecule has 0 aliphatic carbocycles. The Kier molecular flexibility index (Phi) is 12.8. The molecule has 0 aromatic heterocycles. The van der Waals surface area contributed by atoms with Crippen LogP contribution in [0.1, 0.15) is 32.6 Å². The third-order valence-corrected chi connectivity index (χ3v) is 2.49. The minimum absolute atomic E-state index is 0.0436. The van der Waals surface area contributed by atoms with Gasteiger partial charge < -0.3 is 10.6 Å². The molecule has 0 aliphatic rings. The van der Waals surface area contributed by atoms with Gasteiger partial charge in [0.2, 0.25) is 5.91 Å². The molecule has 0 aromatic carbocycles. The lowest BCUT2D eigenvalue weighted by molar-refractivity contribution is -0.127. The van der Waals surface area contributed by atoms with Crippen LogP contribution in [0.3, 0.4) is 0 Å². The van der Waals surface area contributed by atoms with Crippen LogP contribution in [-0.2, 0) is 9.59 Å². The number of ketones is 1. The van der Waals surface area contributed by atoms with Gasteiger partial charge in [-0.15, -0.1) is 0 Å². The van der Waals surface area contributed by atoms with E-state index in [1.54, 1.807) is 0 Å². The first kappa shape index (κ1) is 18.4. The fourth-order valence-electron chi connectivity index (χ4n) is 1.50. The highest BCUT2D eigenvalue weighted by Gasteiger charge is 2.02. The molecule has 20 heavy (non-hydrogen) atoms. The molecular weight excluding hydrogens is 256 g/mol. The van der Waals surface area contributed by atoms with Gasteiger partial charge in [-0.2, -0.15) is 0 Å². The number of carbonyl (C=O) groups excluding carboxylic acids is 2. The van der Waals surface area contributed by atoms with E-state index in [9.17, 15) is 9.59 Å². The van der Waals surface area contributed by atoms with Crippen molar-refractivity contribution in [1.29, 1.82) is 0 Å². The number of nitrogens with zero attached hydrogens (tertiary/aromatic N) is 2. The van der Waals surface area contributed by atoms with Gasteiger partial charge in [0, 0.05) is 13.1 Å². The molecule has 0 atom stereocenters. The molecule has 0 unspecified atom stereocenters. The summed E-state index contributed by atoms with van der Waals surface area (Å²) in [6.07, 6.45) is 5.00. The van der Waals surface area contributed by atoms with Gasteiger partial charge in [-0.3, -0.25) is 19.6 Å². The average Bonchev–Trinajstić information content (AvgIpc) is 2.39. The Morgan fingerprint density at radius 2 is 1.95 bits per heavy atom. The highest BCUT2D eigenvalue weighted by atomic mass is 16.2. The van der Waals surface area contributed by atoms with E-state index in [1.165, 1.54) is 6.92 Å². The Hall–Kier alpha value is -1.56. The summed E-state index contributed by atoms with van der Waals surface area (Å²) in [4.78, 5) is 29.8. The van der Waals surface area contributed by atoms with Gasteiger partial charge in [0.1, 0.15) is 5.78 Å². The van der Waals surface area contributed by atoms with Gasteiger partial charge in [-0.05, 0) is 45.7 Å². The highest BCUT2D eigenvalue weighted by molar-refractivity contribution is 5.96. The van der Waals surface area contributed by atoms with Crippen LogP contribution in [-0.4, -0.2) is 57.3 Å². The molecule has 6 heteroatoms. The molecular formula is C14H26N4O2. The third kappa shape index (κ3) is 14.5. The quantitative estimate of drug-likeness (QED) is 0.295. The van der Waals surface area contributed by atoms with Gasteiger partial charge in [-0.25, -0.2) is 0 Å². The zero-order chi connectivity index (χ0) is 15.1. The summed E-state index contributed by atoms with van der Waals surface area (Å²) in [5, 5.41) is 5.92. The molecule has 0 bridgehead atoms. The molecule has 0 saturated heterocycles. The molecule has 0 aliphatic heterocycles. The van der Waals surface area contributed by atoms with Crippen LogP contribution >= 0.6 is 0 Å². The van der Waals surface area contributed by atoms with Gasteiger partial charge in [0.25, 0.3) is 0 Å². The molecule has 0 aromatic rings. The van der Waals surface area contributed by atoms with Crippen molar-refractivity contribution in [3.05, 3.63) is 0 Å². The van der Waals surface area contributed by atoms with Gasteiger partial charge in [-0.1, -0.05) is 0 Å². The Bertz CT molecular complexity index is 316. The van der Waals surface area contributed by atoms with Crippen LogP contribution < -0.4 is 10.6 Å². The molecule has 1 amide bonds. The Balaban J connectivity index is 3.26. The van der Waals surface area contributed by atoms with E-state index in [2.05, 4.69) is 27.3 Å². The second-order valence-electron chi connectivity index (χ2n) is 4.51. The second kappa shape index (κ2) is 13.9. The molecule has 0 heterocycles. The Morgan fingerprint density at radius 1 is 1.15 bits per heavy atom. The number of unbranched alkanes of at least 4 members (excludes halogenated alkanes) is 2. The maximum Gasteiger partial charge on any atom is 0.227 e. The summed E-state index contributed by atoms with van der Waals surface area (Å²) in [6, 6.07) is 0. The predicted octanol–water partition coefficient (Wildman–Crippen LogP) is 0.613. The summed E-state index contributed by atoms with van der Waals surface area (Å²) < 4.78 is 0. The first-order valence-electron chi connectivity index (χ1n) is 7.04. The number of Topliss-reactive ketones (excluding diaryl/α,β-unsaturated/α-hetero) is 1. The second-order valence-corrected chi connectivity index (χ2v) is 4.51. The molecule has 0 saturated carbocycles. The smallest absolute Gasteiger partial charge is 0.227 e. The van der Waals surface area contributed by atoms with E-state index in [-0.39, 0.29) is 18.1 Å². The van der Waals surface area contributed by atoms with E-state index in [0.29, 0.717) is 13.1 Å². The van der Waals surface area contributed by atoms with Gasteiger partial charge in [0.05, 0.1) is 19.5 Å². The maximum absolute atomic E-state index is 11.1. The van der Waals surface area contributed by atoms with Crippen LogP contribution in [0.25, 0.3) is 0 Å². The average molecular weight is 282 g/mol. The van der Waals surface area contributed by atoms with Crippen molar-refractivity contribution in [1.82, 2.24) is 10.6 Å². The van der Waals surface area contributed by atoms with Crippen LogP contribution in [0.4, 0.5) is 0 Å².